The number of nitrogens with zero attached hydrogens (tertiary/aromatic N) is 1. The molecule has 0 saturated heterocycles. The van der Waals surface area contributed by atoms with Crippen LogP contribution in [0.4, 0.5) is 13.2 Å². The van der Waals surface area contributed by atoms with Crippen molar-refractivity contribution in [2.75, 3.05) is 0 Å². The smallest absolute Gasteiger partial charge is 0.357 e. The summed E-state index contributed by atoms with van der Waals surface area (Å²) in [5, 5.41) is 6.89. The maximum absolute atomic E-state index is 12.8. The van der Waals surface area contributed by atoms with E-state index in [1.54, 1.807) is 0 Å². The van der Waals surface area contributed by atoms with Gasteiger partial charge in [-0.1, -0.05) is 48.5 Å². The van der Waals surface area contributed by atoms with Gasteiger partial charge in [0.05, 0.1) is 11.8 Å². The largest absolute Gasteiger partial charge is 0.417 e. The van der Waals surface area contributed by atoms with Gasteiger partial charge in [0.2, 0.25) is 0 Å². The highest BCUT2D eigenvalue weighted by Gasteiger charge is 2.32. The zero-order valence-electron chi connectivity index (χ0n) is 12.0. The quantitative estimate of drug-likeness (QED) is 0.507. The molecule has 0 saturated carbocycles. The summed E-state index contributed by atoms with van der Waals surface area (Å²) in [7, 11) is 0. The molecule has 0 amide bonds. The number of benzene rings is 2. The molecule has 0 aliphatic carbocycles. The molecule has 7 heteroatoms. The van der Waals surface area contributed by atoms with Crippen molar-refractivity contribution < 1.29 is 13.2 Å². The van der Waals surface area contributed by atoms with Crippen molar-refractivity contribution in [1.82, 2.24) is 10.7 Å². The summed E-state index contributed by atoms with van der Waals surface area (Å²) in [6.45, 7) is 0.501. The molecule has 120 valence electrons. The first-order valence-corrected chi connectivity index (χ1v) is 7.14. The standard InChI is InChI=1S/C16H14F3N3S/c17-16(18,19)14-9-5-4-8-13(14)11-21-22-15(23)20-10-12-6-2-1-3-7-12/h1-9,11H,10H2,(H2,20,22,23). The first-order chi connectivity index (χ1) is 11.0. The maximum Gasteiger partial charge on any atom is 0.417 e. The van der Waals surface area contributed by atoms with E-state index in [0.717, 1.165) is 17.8 Å². The summed E-state index contributed by atoms with van der Waals surface area (Å²) >= 11 is 5.02. The van der Waals surface area contributed by atoms with Crippen molar-refractivity contribution >= 4 is 23.5 Å². The molecule has 2 N–H and O–H groups in total. The van der Waals surface area contributed by atoms with Crippen LogP contribution in [0.25, 0.3) is 0 Å². The van der Waals surface area contributed by atoms with Gasteiger partial charge in [0.25, 0.3) is 0 Å². The molecule has 0 atom stereocenters. The van der Waals surface area contributed by atoms with Crippen molar-refractivity contribution in [1.29, 1.82) is 0 Å². The Hall–Kier alpha value is -2.41. The second-order valence-corrected chi connectivity index (χ2v) is 5.03. The molecule has 3 nitrogen and oxygen atoms in total. The van der Waals surface area contributed by atoms with E-state index in [2.05, 4.69) is 15.8 Å². The van der Waals surface area contributed by atoms with Gasteiger partial charge >= 0.3 is 6.18 Å². The van der Waals surface area contributed by atoms with Gasteiger partial charge in [-0.15, -0.1) is 0 Å². The first kappa shape index (κ1) is 17.0. The average Bonchev–Trinajstić information content (AvgIpc) is 2.53. The van der Waals surface area contributed by atoms with Crippen molar-refractivity contribution in [3.63, 3.8) is 0 Å². The highest BCUT2D eigenvalue weighted by molar-refractivity contribution is 7.80. The Balaban J connectivity index is 1.91. The van der Waals surface area contributed by atoms with Gasteiger partial charge < -0.3 is 5.32 Å². The molecule has 0 aliphatic rings. The molecule has 0 bridgehead atoms. The van der Waals surface area contributed by atoms with Crippen molar-refractivity contribution in [3.8, 4) is 0 Å². The van der Waals surface area contributed by atoms with E-state index < -0.39 is 11.7 Å². The van der Waals surface area contributed by atoms with Crippen molar-refractivity contribution in [3.05, 3.63) is 71.3 Å². The van der Waals surface area contributed by atoms with Crippen LogP contribution in [0, 0.1) is 0 Å². The molecular weight excluding hydrogens is 323 g/mol. The van der Waals surface area contributed by atoms with Crippen molar-refractivity contribution in [2.45, 2.75) is 12.7 Å². The van der Waals surface area contributed by atoms with Crippen LogP contribution < -0.4 is 10.7 Å². The van der Waals surface area contributed by atoms with Gasteiger partial charge in [-0.05, 0) is 23.8 Å². The summed E-state index contributed by atoms with van der Waals surface area (Å²) in [5.41, 5.74) is 2.76. The topological polar surface area (TPSA) is 36.4 Å². The normalized spacial score (nSPS) is 11.4. The monoisotopic (exact) mass is 337 g/mol. The predicted molar refractivity (Wildman–Crippen MR) is 88.1 cm³/mol. The zero-order valence-corrected chi connectivity index (χ0v) is 12.8. The fraction of sp³-hybridized carbons (Fsp3) is 0.125. The minimum Gasteiger partial charge on any atom is -0.357 e. The lowest BCUT2D eigenvalue weighted by Crippen LogP contribution is -2.31. The summed E-state index contributed by atoms with van der Waals surface area (Å²) in [6, 6.07) is 14.8. The van der Waals surface area contributed by atoms with E-state index in [1.807, 2.05) is 30.3 Å². The number of nitrogens with one attached hydrogen (secondary N) is 2. The van der Waals surface area contributed by atoms with Gasteiger partial charge in [-0.25, -0.2) is 0 Å². The molecule has 2 aromatic carbocycles. The molecule has 23 heavy (non-hydrogen) atoms. The van der Waals surface area contributed by atoms with E-state index in [0.29, 0.717) is 6.54 Å². The molecule has 0 radical (unpaired) electrons. The van der Waals surface area contributed by atoms with Crippen LogP contribution in [0.15, 0.2) is 59.7 Å². The van der Waals surface area contributed by atoms with Crippen LogP contribution in [0.3, 0.4) is 0 Å². The number of rotatable bonds is 4. The third-order valence-electron chi connectivity index (χ3n) is 2.93. The number of alkyl halides is 3. The third-order valence-corrected chi connectivity index (χ3v) is 3.17. The van der Waals surface area contributed by atoms with Crippen LogP contribution in [0.1, 0.15) is 16.7 Å². The Kier molecular flexibility index (Phi) is 5.70. The van der Waals surface area contributed by atoms with E-state index in [4.69, 9.17) is 12.2 Å². The number of hydrogen-bond acceptors (Lipinski definition) is 2. The van der Waals surface area contributed by atoms with Crippen LogP contribution in [0.2, 0.25) is 0 Å². The van der Waals surface area contributed by atoms with Gasteiger partial charge in [-0.3, -0.25) is 5.43 Å². The Morgan fingerprint density at radius 1 is 1.04 bits per heavy atom. The van der Waals surface area contributed by atoms with E-state index >= 15 is 0 Å². The van der Waals surface area contributed by atoms with E-state index in [9.17, 15) is 13.2 Å². The second kappa shape index (κ2) is 7.73. The maximum atomic E-state index is 12.8. The van der Waals surface area contributed by atoms with E-state index in [-0.39, 0.29) is 10.7 Å². The molecule has 0 aliphatic heterocycles. The molecule has 2 aromatic rings. The number of halogens is 3. The highest BCUT2D eigenvalue weighted by Crippen LogP contribution is 2.30. The predicted octanol–water partition coefficient (Wildman–Crippen LogP) is 3.70. The fourth-order valence-electron chi connectivity index (χ4n) is 1.85. The summed E-state index contributed by atoms with van der Waals surface area (Å²) in [6.07, 6.45) is -3.33. The molecule has 0 spiro atoms. The lowest BCUT2D eigenvalue weighted by molar-refractivity contribution is -0.137. The summed E-state index contributed by atoms with van der Waals surface area (Å²) < 4.78 is 38.5. The SMILES string of the molecule is FC(F)(F)c1ccccc1C=NNC(=S)NCc1ccccc1. The zero-order chi connectivity index (χ0) is 16.7. The average molecular weight is 337 g/mol. The summed E-state index contributed by atoms with van der Waals surface area (Å²) in [5.74, 6) is 0. The lowest BCUT2D eigenvalue weighted by Gasteiger charge is -2.10. The Labute approximate surface area is 137 Å². The first-order valence-electron chi connectivity index (χ1n) is 6.74. The second-order valence-electron chi connectivity index (χ2n) is 4.62. The van der Waals surface area contributed by atoms with E-state index in [1.165, 1.54) is 18.2 Å². The molecular formula is C16H14F3N3S. The van der Waals surface area contributed by atoms with Crippen molar-refractivity contribution in [2.24, 2.45) is 5.10 Å². The van der Waals surface area contributed by atoms with Gasteiger partial charge in [0.15, 0.2) is 5.11 Å². The lowest BCUT2D eigenvalue weighted by atomic mass is 10.1. The number of hydrazone groups is 1. The Morgan fingerprint density at radius 3 is 2.39 bits per heavy atom. The highest BCUT2D eigenvalue weighted by atomic mass is 32.1. The molecule has 0 fully saturated rings. The van der Waals surface area contributed by atoms with Crippen LogP contribution in [0.5, 0.6) is 0 Å². The Bertz CT molecular complexity index is 684. The number of hydrogen-bond donors (Lipinski definition) is 2. The molecule has 0 unspecified atom stereocenters. The van der Waals surface area contributed by atoms with Gasteiger partial charge in [-0.2, -0.15) is 18.3 Å². The molecule has 0 aromatic heterocycles. The van der Waals surface area contributed by atoms with Crippen LogP contribution in [-0.4, -0.2) is 11.3 Å². The van der Waals surface area contributed by atoms with Crippen LogP contribution in [-0.2, 0) is 12.7 Å². The fourth-order valence-corrected chi connectivity index (χ4v) is 1.97. The number of thiocarbonyl (C=S) groups is 1. The van der Waals surface area contributed by atoms with Gasteiger partial charge in [0.1, 0.15) is 0 Å². The van der Waals surface area contributed by atoms with Crippen LogP contribution >= 0.6 is 12.2 Å². The minimum atomic E-state index is -4.42. The Morgan fingerprint density at radius 2 is 1.70 bits per heavy atom. The molecule has 0 heterocycles. The molecule has 2 rings (SSSR count). The minimum absolute atomic E-state index is 0.0293. The third kappa shape index (κ3) is 5.37. The van der Waals surface area contributed by atoms with Gasteiger partial charge in [0, 0.05) is 12.1 Å². The summed E-state index contributed by atoms with van der Waals surface area (Å²) in [4.78, 5) is 0.